The Hall–Kier alpha value is -1.16. The van der Waals surface area contributed by atoms with E-state index < -0.39 is 16.1 Å². The number of aromatic nitrogens is 1. The van der Waals surface area contributed by atoms with Crippen LogP contribution < -0.4 is 5.73 Å². The molecule has 26 heavy (non-hydrogen) atoms. The lowest BCUT2D eigenvalue weighted by Crippen LogP contribution is -2.51. The Morgan fingerprint density at radius 1 is 1.19 bits per heavy atom. The van der Waals surface area contributed by atoms with Gasteiger partial charge in [-0.2, -0.15) is 4.31 Å². The van der Waals surface area contributed by atoms with Crippen molar-refractivity contribution in [3.05, 3.63) is 11.5 Å². The molecule has 1 fully saturated rings. The van der Waals surface area contributed by atoms with Crippen LogP contribution in [0.2, 0.25) is 0 Å². The van der Waals surface area contributed by atoms with Crippen molar-refractivity contribution in [1.82, 2.24) is 14.4 Å². The molecule has 0 saturated carbocycles. The van der Waals surface area contributed by atoms with Crippen molar-refractivity contribution in [2.45, 2.75) is 52.0 Å². The first-order valence-electron chi connectivity index (χ1n) is 8.43. The minimum Gasteiger partial charge on any atom is -0.360 e. The van der Waals surface area contributed by atoms with Crippen LogP contribution in [0.1, 0.15) is 38.6 Å². The normalized spacial score (nSPS) is 18.2. The summed E-state index contributed by atoms with van der Waals surface area (Å²) in [7, 11) is -3.69. The fourth-order valence-electron chi connectivity index (χ4n) is 2.89. The molecule has 0 unspecified atom stereocenters. The van der Waals surface area contributed by atoms with Crippen LogP contribution >= 0.6 is 12.4 Å². The lowest BCUT2D eigenvalue weighted by atomic mass is 9.86. The maximum absolute atomic E-state index is 12.9. The molecule has 0 aliphatic carbocycles. The number of rotatable bonds is 3. The maximum Gasteiger partial charge on any atom is 0.248 e. The molecule has 8 nitrogen and oxygen atoms in total. The third-order valence-electron chi connectivity index (χ3n) is 4.53. The average molecular weight is 409 g/mol. The molecule has 2 heterocycles. The van der Waals surface area contributed by atoms with Gasteiger partial charge < -0.3 is 15.2 Å². The minimum atomic E-state index is -3.69. The van der Waals surface area contributed by atoms with E-state index in [1.54, 1.807) is 18.7 Å². The van der Waals surface area contributed by atoms with Gasteiger partial charge in [-0.1, -0.05) is 25.9 Å². The molecule has 1 aromatic rings. The molecule has 0 spiro atoms. The van der Waals surface area contributed by atoms with E-state index in [9.17, 15) is 13.2 Å². The zero-order valence-electron chi connectivity index (χ0n) is 16.0. The van der Waals surface area contributed by atoms with Crippen LogP contribution in [0.5, 0.6) is 0 Å². The van der Waals surface area contributed by atoms with Crippen molar-refractivity contribution in [2.24, 2.45) is 11.1 Å². The highest BCUT2D eigenvalue weighted by Gasteiger charge is 2.35. The molecule has 0 bridgehead atoms. The Morgan fingerprint density at radius 2 is 1.81 bits per heavy atom. The Kier molecular flexibility index (Phi) is 7.25. The molecule has 2 rings (SSSR count). The summed E-state index contributed by atoms with van der Waals surface area (Å²) >= 11 is 0. The Labute approximate surface area is 161 Å². The molecule has 1 saturated heterocycles. The van der Waals surface area contributed by atoms with Crippen LogP contribution in [-0.4, -0.2) is 60.9 Å². The Bertz CT molecular complexity index is 722. The topological polar surface area (TPSA) is 110 Å². The SMILES string of the molecule is Cc1noc(C)c1S(=O)(=O)N1CCCN(C(=O)[C@@H](N)C(C)(C)C)CC1.Cl. The second-order valence-electron chi connectivity index (χ2n) is 7.58. The van der Waals surface area contributed by atoms with Gasteiger partial charge in [0.25, 0.3) is 0 Å². The molecule has 1 aliphatic heterocycles. The van der Waals surface area contributed by atoms with Gasteiger partial charge >= 0.3 is 0 Å². The lowest BCUT2D eigenvalue weighted by Gasteiger charge is -2.31. The molecule has 10 heteroatoms. The van der Waals surface area contributed by atoms with Gasteiger partial charge in [-0.15, -0.1) is 12.4 Å². The van der Waals surface area contributed by atoms with Crippen LogP contribution in [0.4, 0.5) is 0 Å². The molecule has 2 N–H and O–H groups in total. The molecular formula is C16H29ClN4O4S. The zero-order valence-corrected chi connectivity index (χ0v) is 17.6. The quantitative estimate of drug-likeness (QED) is 0.807. The molecular weight excluding hydrogens is 380 g/mol. The summed E-state index contributed by atoms with van der Waals surface area (Å²) in [6.45, 7) is 10.4. The number of aryl methyl sites for hydroxylation is 2. The Balaban J connectivity index is 0.00000338. The number of carbonyl (C=O) groups excluding carboxylic acids is 1. The fourth-order valence-corrected chi connectivity index (χ4v) is 4.65. The lowest BCUT2D eigenvalue weighted by molar-refractivity contribution is -0.134. The number of hydrogen-bond acceptors (Lipinski definition) is 6. The molecule has 1 aliphatic rings. The monoisotopic (exact) mass is 408 g/mol. The minimum absolute atomic E-state index is 0. The standard InChI is InChI=1S/C16H28N4O4S.ClH/c1-11-13(12(2)24-18-11)25(22,23)20-8-6-7-19(9-10-20)15(21)14(17)16(3,4)5;/h14H,6-10,17H2,1-5H3;1H/t14-;/m1./s1. The molecule has 150 valence electrons. The molecule has 1 aromatic heterocycles. The van der Waals surface area contributed by atoms with Crippen LogP contribution in [0.15, 0.2) is 9.42 Å². The van der Waals surface area contributed by atoms with Crippen molar-refractivity contribution in [1.29, 1.82) is 0 Å². The van der Waals surface area contributed by atoms with E-state index >= 15 is 0 Å². The summed E-state index contributed by atoms with van der Waals surface area (Å²) in [5, 5.41) is 3.73. The van der Waals surface area contributed by atoms with Crippen molar-refractivity contribution < 1.29 is 17.7 Å². The van der Waals surface area contributed by atoms with E-state index in [0.29, 0.717) is 31.7 Å². The third kappa shape index (κ3) is 4.57. The molecule has 0 radical (unpaired) electrons. The summed E-state index contributed by atoms with van der Waals surface area (Å²) in [6.07, 6.45) is 0.561. The van der Waals surface area contributed by atoms with E-state index in [0.717, 1.165) is 0 Å². The summed E-state index contributed by atoms with van der Waals surface area (Å²) in [5.41, 5.74) is 6.08. The van der Waals surface area contributed by atoms with Gasteiger partial charge in [0.05, 0.1) is 6.04 Å². The number of amides is 1. The van der Waals surface area contributed by atoms with Crippen molar-refractivity contribution >= 4 is 28.3 Å². The maximum atomic E-state index is 12.9. The highest BCUT2D eigenvalue weighted by Crippen LogP contribution is 2.25. The number of hydrogen-bond donors (Lipinski definition) is 1. The number of nitrogens with two attached hydrogens (primary N) is 1. The van der Waals surface area contributed by atoms with Gasteiger partial charge in [0.2, 0.25) is 15.9 Å². The second-order valence-corrected chi connectivity index (χ2v) is 9.45. The number of sulfonamides is 1. The van der Waals surface area contributed by atoms with Crippen LogP contribution in [0, 0.1) is 19.3 Å². The van der Waals surface area contributed by atoms with E-state index in [2.05, 4.69) is 5.16 Å². The molecule has 1 atom stereocenters. The predicted molar refractivity (Wildman–Crippen MR) is 101 cm³/mol. The smallest absolute Gasteiger partial charge is 0.248 e. The van der Waals surface area contributed by atoms with Crippen LogP contribution in [-0.2, 0) is 14.8 Å². The first-order chi connectivity index (χ1) is 11.5. The van der Waals surface area contributed by atoms with E-state index in [4.69, 9.17) is 10.3 Å². The largest absolute Gasteiger partial charge is 0.360 e. The van der Waals surface area contributed by atoms with E-state index in [1.807, 2.05) is 20.8 Å². The summed E-state index contributed by atoms with van der Waals surface area (Å²) in [4.78, 5) is 14.4. The van der Waals surface area contributed by atoms with Crippen molar-refractivity contribution in [3.8, 4) is 0 Å². The third-order valence-corrected chi connectivity index (χ3v) is 6.68. The average Bonchev–Trinajstić information content (AvgIpc) is 2.73. The number of carbonyl (C=O) groups is 1. The highest BCUT2D eigenvalue weighted by atomic mass is 35.5. The van der Waals surface area contributed by atoms with E-state index in [-0.39, 0.29) is 40.9 Å². The highest BCUT2D eigenvalue weighted by molar-refractivity contribution is 7.89. The van der Waals surface area contributed by atoms with Crippen LogP contribution in [0.25, 0.3) is 0 Å². The van der Waals surface area contributed by atoms with Gasteiger partial charge in [-0.3, -0.25) is 4.79 Å². The summed E-state index contributed by atoms with van der Waals surface area (Å²) in [6, 6.07) is -0.613. The first kappa shape index (κ1) is 22.9. The molecule has 1 amide bonds. The summed E-state index contributed by atoms with van der Waals surface area (Å²) in [5.74, 6) is 0.147. The number of halogens is 1. The van der Waals surface area contributed by atoms with Gasteiger partial charge in [0.15, 0.2) is 5.76 Å². The predicted octanol–water partition coefficient (Wildman–Crippen LogP) is 1.31. The van der Waals surface area contributed by atoms with Gasteiger partial charge in [-0.05, 0) is 25.7 Å². The van der Waals surface area contributed by atoms with Crippen molar-refractivity contribution in [3.63, 3.8) is 0 Å². The van der Waals surface area contributed by atoms with Gasteiger partial charge in [0.1, 0.15) is 10.6 Å². The first-order valence-corrected chi connectivity index (χ1v) is 9.87. The second kappa shape index (κ2) is 8.24. The zero-order chi connectivity index (χ0) is 19.0. The molecule has 0 aromatic carbocycles. The van der Waals surface area contributed by atoms with Gasteiger partial charge in [-0.25, -0.2) is 8.42 Å². The van der Waals surface area contributed by atoms with Crippen molar-refractivity contribution in [2.75, 3.05) is 26.2 Å². The van der Waals surface area contributed by atoms with Crippen LogP contribution in [0.3, 0.4) is 0 Å². The van der Waals surface area contributed by atoms with E-state index in [1.165, 1.54) is 4.31 Å². The summed E-state index contributed by atoms with van der Waals surface area (Å²) < 4.78 is 32.2. The van der Waals surface area contributed by atoms with Gasteiger partial charge in [0, 0.05) is 26.2 Å². The Morgan fingerprint density at radius 3 is 2.31 bits per heavy atom. The number of nitrogens with zero attached hydrogens (tertiary/aromatic N) is 3. The fraction of sp³-hybridized carbons (Fsp3) is 0.750.